The molecule has 10 heteroatoms. The van der Waals surface area contributed by atoms with Crippen molar-refractivity contribution in [2.24, 2.45) is 11.3 Å². The lowest BCUT2D eigenvalue weighted by atomic mass is 9.45. The van der Waals surface area contributed by atoms with Crippen LogP contribution in [-0.2, 0) is 14.3 Å². The minimum atomic E-state index is -2.66. The molecule has 4 aliphatic rings. The number of hydrogen-bond donors (Lipinski definition) is 1. The number of amides is 4. The predicted octanol–water partition coefficient (Wildman–Crippen LogP) is 5.38. The standard InChI is InChI=1S/C33H48F2N4O4/c1-23(2)39-30(42)38(18-8-20-43-4)29(41)32(39)21-31(22-32)15-13-27(31)37(3)19-14-26(24-9-6-5-7-10-24)36-28(40)25-11-16-33(34,35)17-12-25/h5-7,9-10,23,25-27H,8,11-22H2,1-4H3,(H,36,40)/t26-,27?,31?,32?/m0/s1. The molecular formula is C33H48F2N4O4. The molecule has 1 unspecified atom stereocenters. The van der Waals surface area contributed by atoms with Gasteiger partial charge >= 0.3 is 6.03 Å². The fourth-order valence-corrected chi connectivity index (χ4v) is 8.34. The average molecular weight is 603 g/mol. The lowest BCUT2D eigenvalue weighted by Crippen LogP contribution is -2.72. The maximum absolute atomic E-state index is 13.7. The van der Waals surface area contributed by atoms with Gasteiger partial charge in [0, 0.05) is 57.6 Å². The monoisotopic (exact) mass is 602 g/mol. The molecule has 1 aliphatic heterocycles. The van der Waals surface area contributed by atoms with E-state index >= 15 is 0 Å². The molecule has 3 saturated carbocycles. The number of carbonyl (C=O) groups excluding carboxylic acids is 3. The van der Waals surface area contributed by atoms with Crippen LogP contribution < -0.4 is 5.32 Å². The minimum absolute atomic E-state index is 0.000806. The second-order valence-electron chi connectivity index (χ2n) is 13.7. The van der Waals surface area contributed by atoms with E-state index in [1.54, 1.807) is 7.11 Å². The van der Waals surface area contributed by atoms with Crippen molar-refractivity contribution in [2.45, 2.75) is 108 Å². The van der Waals surface area contributed by atoms with Crippen LogP contribution in [0.5, 0.6) is 0 Å². The van der Waals surface area contributed by atoms with Crippen LogP contribution >= 0.6 is 0 Å². The van der Waals surface area contributed by atoms with E-state index in [1.807, 2.05) is 49.1 Å². The highest BCUT2D eigenvalue weighted by Crippen LogP contribution is 2.65. The first-order valence-electron chi connectivity index (χ1n) is 16.0. The van der Waals surface area contributed by atoms with Gasteiger partial charge in [0.15, 0.2) is 0 Å². The lowest BCUT2D eigenvalue weighted by Gasteiger charge is -2.66. The van der Waals surface area contributed by atoms with E-state index in [-0.39, 0.29) is 66.9 Å². The number of urea groups is 1. The Morgan fingerprint density at radius 2 is 1.77 bits per heavy atom. The Balaban J connectivity index is 1.22. The van der Waals surface area contributed by atoms with Crippen molar-refractivity contribution in [3.05, 3.63) is 35.9 Å². The van der Waals surface area contributed by atoms with Gasteiger partial charge in [0.25, 0.3) is 5.91 Å². The average Bonchev–Trinajstić information content (AvgIpc) is 3.15. The second kappa shape index (κ2) is 12.4. The first-order valence-corrected chi connectivity index (χ1v) is 16.0. The highest BCUT2D eigenvalue weighted by Gasteiger charge is 2.72. The van der Waals surface area contributed by atoms with E-state index in [2.05, 4.69) is 17.3 Å². The third-order valence-electron chi connectivity index (χ3n) is 10.6. The number of benzene rings is 1. The second-order valence-corrected chi connectivity index (χ2v) is 13.7. The number of nitrogens with one attached hydrogen (secondary N) is 1. The molecule has 4 fully saturated rings. The highest BCUT2D eigenvalue weighted by atomic mass is 19.3. The molecule has 2 spiro atoms. The van der Waals surface area contributed by atoms with Crippen LogP contribution in [-0.4, -0.2) is 89.9 Å². The summed E-state index contributed by atoms with van der Waals surface area (Å²) in [6.07, 6.45) is 4.71. The number of ether oxygens (including phenoxy) is 1. The van der Waals surface area contributed by atoms with Gasteiger partial charge in [-0.05, 0) is 83.2 Å². The highest BCUT2D eigenvalue weighted by molar-refractivity contribution is 6.08. The molecule has 8 nitrogen and oxygen atoms in total. The van der Waals surface area contributed by atoms with Gasteiger partial charge in [0.2, 0.25) is 11.8 Å². The summed E-state index contributed by atoms with van der Waals surface area (Å²) in [6, 6.07) is 9.68. The first-order chi connectivity index (χ1) is 20.4. The third-order valence-corrected chi connectivity index (χ3v) is 10.6. The Labute approximate surface area is 254 Å². The Kier molecular flexibility index (Phi) is 9.19. The molecule has 4 amide bonds. The summed E-state index contributed by atoms with van der Waals surface area (Å²) in [7, 11) is 3.73. The van der Waals surface area contributed by atoms with Crippen LogP contribution in [0.15, 0.2) is 30.3 Å². The summed E-state index contributed by atoms with van der Waals surface area (Å²) in [6.45, 7) is 5.59. The van der Waals surface area contributed by atoms with Crippen molar-refractivity contribution in [2.75, 3.05) is 33.9 Å². The molecule has 43 heavy (non-hydrogen) atoms. The number of imide groups is 1. The van der Waals surface area contributed by atoms with Crippen LogP contribution in [0.25, 0.3) is 0 Å². The van der Waals surface area contributed by atoms with Gasteiger partial charge in [0.1, 0.15) is 5.54 Å². The molecule has 2 atom stereocenters. The van der Waals surface area contributed by atoms with Crippen LogP contribution in [0, 0.1) is 11.3 Å². The fourth-order valence-electron chi connectivity index (χ4n) is 8.34. The molecule has 0 aromatic heterocycles. The summed E-state index contributed by atoms with van der Waals surface area (Å²) in [5.41, 5.74) is 0.251. The van der Waals surface area contributed by atoms with E-state index in [0.29, 0.717) is 44.9 Å². The Hall–Kier alpha value is -2.59. The number of hydrogen-bond acceptors (Lipinski definition) is 5. The number of rotatable bonds is 12. The number of methoxy groups -OCH3 is 1. The van der Waals surface area contributed by atoms with Crippen molar-refractivity contribution >= 4 is 17.8 Å². The topological polar surface area (TPSA) is 82.2 Å². The molecule has 1 aromatic rings. The Morgan fingerprint density at radius 1 is 1.09 bits per heavy atom. The van der Waals surface area contributed by atoms with Gasteiger partial charge in [-0.25, -0.2) is 13.6 Å². The maximum Gasteiger partial charge on any atom is 0.327 e. The van der Waals surface area contributed by atoms with Crippen LogP contribution in [0.1, 0.15) is 89.7 Å². The maximum atomic E-state index is 13.7. The first kappa shape index (κ1) is 31.8. The largest absolute Gasteiger partial charge is 0.385 e. The summed E-state index contributed by atoms with van der Waals surface area (Å²) in [4.78, 5) is 45.8. The van der Waals surface area contributed by atoms with E-state index < -0.39 is 11.5 Å². The van der Waals surface area contributed by atoms with Gasteiger partial charge in [-0.15, -0.1) is 0 Å². The molecular weight excluding hydrogens is 554 g/mol. The number of carbonyl (C=O) groups is 3. The molecule has 1 heterocycles. The zero-order valence-corrected chi connectivity index (χ0v) is 26.1. The molecule has 1 saturated heterocycles. The van der Waals surface area contributed by atoms with E-state index in [0.717, 1.165) is 24.9 Å². The van der Waals surface area contributed by atoms with Crippen molar-refractivity contribution in [1.82, 2.24) is 20.0 Å². The summed E-state index contributed by atoms with van der Waals surface area (Å²) in [5.74, 6) is -3.24. The third kappa shape index (κ3) is 6.06. The van der Waals surface area contributed by atoms with Crippen LogP contribution in [0.4, 0.5) is 13.6 Å². The van der Waals surface area contributed by atoms with E-state index in [1.165, 1.54) is 4.90 Å². The number of nitrogens with zero attached hydrogens (tertiary/aromatic N) is 3. The van der Waals surface area contributed by atoms with Gasteiger partial charge < -0.3 is 19.9 Å². The van der Waals surface area contributed by atoms with Crippen LogP contribution in [0.2, 0.25) is 0 Å². The predicted molar refractivity (Wildman–Crippen MR) is 159 cm³/mol. The van der Waals surface area contributed by atoms with Crippen molar-refractivity contribution in [1.29, 1.82) is 0 Å². The summed E-state index contributed by atoms with van der Waals surface area (Å²) >= 11 is 0. The zero-order valence-electron chi connectivity index (χ0n) is 26.1. The number of alkyl halides is 2. The van der Waals surface area contributed by atoms with Gasteiger partial charge in [0.05, 0.1) is 6.04 Å². The SMILES string of the molecule is COCCCN1C(=O)N(C(C)C)C2(CC3(CCC3N(C)CC[C@H](NC(=O)C3CCC(F)(F)CC3)c3ccccc3)C2)C1=O. The lowest BCUT2D eigenvalue weighted by molar-refractivity contribution is -0.174. The van der Waals surface area contributed by atoms with Crippen molar-refractivity contribution in [3.8, 4) is 0 Å². The van der Waals surface area contributed by atoms with Crippen molar-refractivity contribution in [3.63, 3.8) is 0 Å². The van der Waals surface area contributed by atoms with E-state index in [4.69, 9.17) is 4.74 Å². The number of halogens is 2. The zero-order chi connectivity index (χ0) is 31.0. The molecule has 1 N–H and O–H groups in total. The molecule has 0 radical (unpaired) electrons. The summed E-state index contributed by atoms with van der Waals surface area (Å²) in [5, 5.41) is 3.19. The molecule has 5 rings (SSSR count). The Morgan fingerprint density at radius 3 is 2.35 bits per heavy atom. The Bertz CT molecular complexity index is 1160. The van der Waals surface area contributed by atoms with Gasteiger partial charge in [-0.3, -0.25) is 14.5 Å². The van der Waals surface area contributed by atoms with Gasteiger partial charge in [-0.1, -0.05) is 30.3 Å². The smallest absolute Gasteiger partial charge is 0.327 e. The van der Waals surface area contributed by atoms with Crippen LogP contribution in [0.3, 0.4) is 0 Å². The van der Waals surface area contributed by atoms with Gasteiger partial charge in [-0.2, -0.15) is 0 Å². The molecule has 238 valence electrons. The molecule has 3 aliphatic carbocycles. The molecule has 1 aromatic carbocycles. The fraction of sp³-hybridized carbons (Fsp3) is 0.727. The van der Waals surface area contributed by atoms with E-state index in [9.17, 15) is 23.2 Å². The molecule has 0 bridgehead atoms. The normalized spacial score (nSPS) is 25.0. The minimum Gasteiger partial charge on any atom is -0.385 e. The van der Waals surface area contributed by atoms with Crippen molar-refractivity contribution < 1.29 is 27.9 Å². The quantitative estimate of drug-likeness (QED) is 0.257. The summed E-state index contributed by atoms with van der Waals surface area (Å²) < 4.78 is 32.5.